The maximum absolute atomic E-state index is 14.7. The molecule has 17 heteroatoms. The summed E-state index contributed by atoms with van der Waals surface area (Å²) in [7, 11) is -1.64. The molecule has 0 aliphatic rings. The topological polar surface area (TPSA) is 160 Å². The molecule has 13 nitrogen and oxygen atoms in total. The van der Waals surface area contributed by atoms with Crippen LogP contribution < -0.4 is 47.3 Å². The van der Waals surface area contributed by atoms with Crippen LogP contribution in [0.1, 0.15) is 0 Å². The summed E-state index contributed by atoms with van der Waals surface area (Å²) in [6, 6.07) is 11.3. The lowest BCUT2D eigenvalue weighted by Crippen LogP contribution is -2.39. The Morgan fingerprint density at radius 3 is 1.08 bits per heavy atom. The number of methoxy groups -OCH3 is 3. The lowest BCUT2D eigenvalue weighted by molar-refractivity contribution is 0.0842. The summed E-state index contributed by atoms with van der Waals surface area (Å²) in [6.45, 7) is 0. The molecule has 0 spiro atoms. The SMILES string of the molecule is COc1cccc(N(N)OP(=O)(ON(N)c2cccc(OC)c2F)ON(N)c2cccc(OC)c2F)c1F. The third-order valence-corrected chi connectivity index (χ3v) is 5.89. The molecule has 0 unspecified atom stereocenters. The second-order valence-electron chi connectivity index (χ2n) is 7.05. The van der Waals surface area contributed by atoms with Crippen LogP contribution in [0.2, 0.25) is 0 Å². The summed E-state index contributed by atoms with van der Waals surface area (Å²) in [6.07, 6.45) is 0. The van der Waals surface area contributed by atoms with Crippen molar-refractivity contribution in [1.29, 1.82) is 0 Å². The fourth-order valence-corrected chi connectivity index (χ4v) is 3.98. The van der Waals surface area contributed by atoms with Crippen molar-refractivity contribution < 1.29 is 45.8 Å². The quantitative estimate of drug-likeness (QED) is 0.168. The van der Waals surface area contributed by atoms with Gasteiger partial charge >= 0.3 is 7.82 Å². The van der Waals surface area contributed by atoms with Gasteiger partial charge in [-0.2, -0.15) is 15.5 Å². The molecule has 0 radical (unpaired) electrons. The van der Waals surface area contributed by atoms with Crippen molar-refractivity contribution in [2.75, 3.05) is 36.8 Å². The van der Waals surface area contributed by atoms with E-state index in [0.717, 1.165) is 18.2 Å². The molecule has 0 saturated carbocycles. The molecule has 0 heterocycles. The standard InChI is InChI=1S/C21H24F3N6O7P/c1-32-16-10-4-7-13(19(16)22)28(25)35-38(31,36-29(26)14-8-5-11-17(33-2)20(14)23)37-30(27)15-9-6-12-18(34-3)21(15)24/h4-12H,25-27H2,1-3H3. The van der Waals surface area contributed by atoms with Crippen LogP contribution in [0.3, 0.4) is 0 Å². The Bertz CT molecular complexity index is 1170. The van der Waals surface area contributed by atoms with Gasteiger partial charge in [0.1, 0.15) is 17.1 Å². The summed E-state index contributed by atoms with van der Waals surface area (Å²) in [5.41, 5.74) is -1.49. The Labute approximate surface area is 214 Å². The van der Waals surface area contributed by atoms with Gasteiger partial charge in [-0.1, -0.05) is 18.2 Å². The van der Waals surface area contributed by atoms with Gasteiger partial charge in [0.15, 0.2) is 34.7 Å². The molecule has 6 N–H and O–H groups in total. The van der Waals surface area contributed by atoms with E-state index in [0.29, 0.717) is 0 Å². The number of benzene rings is 3. The monoisotopic (exact) mass is 560 g/mol. The number of halogens is 3. The Kier molecular flexibility index (Phi) is 9.24. The first-order valence-corrected chi connectivity index (χ1v) is 11.8. The van der Waals surface area contributed by atoms with Crippen molar-refractivity contribution in [1.82, 2.24) is 0 Å². The number of hydrogen-bond acceptors (Lipinski definition) is 13. The van der Waals surface area contributed by atoms with E-state index in [9.17, 15) is 17.7 Å². The van der Waals surface area contributed by atoms with Crippen molar-refractivity contribution in [3.05, 3.63) is 72.0 Å². The van der Waals surface area contributed by atoms with E-state index in [4.69, 9.17) is 45.6 Å². The largest absolute Gasteiger partial charge is 0.543 e. The van der Waals surface area contributed by atoms with E-state index >= 15 is 0 Å². The van der Waals surface area contributed by atoms with Gasteiger partial charge < -0.3 is 14.2 Å². The van der Waals surface area contributed by atoms with Crippen LogP contribution >= 0.6 is 7.82 Å². The minimum Gasteiger partial charge on any atom is -0.494 e. The Morgan fingerprint density at radius 1 is 0.579 bits per heavy atom. The highest BCUT2D eigenvalue weighted by atomic mass is 31.2. The number of hydrogen-bond donors (Lipinski definition) is 3. The lowest BCUT2D eigenvalue weighted by Gasteiger charge is -2.29. The van der Waals surface area contributed by atoms with Crippen LogP contribution in [0.25, 0.3) is 0 Å². The molecule has 206 valence electrons. The molecule has 3 rings (SSSR count). The van der Waals surface area contributed by atoms with Crippen molar-refractivity contribution in [2.24, 2.45) is 17.5 Å². The van der Waals surface area contributed by atoms with E-state index < -0.39 is 42.3 Å². The van der Waals surface area contributed by atoms with Gasteiger partial charge in [-0.15, -0.1) is 13.9 Å². The van der Waals surface area contributed by atoms with Crippen LogP contribution in [-0.4, -0.2) is 21.3 Å². The van der Waals surface area contributed by atoms with Crippen LogP contribution in [0.15, 0.2) is 54.6 Å². The van der Waals surface area contributed by atoms with E-state index in [1.54, 1.807) is 0 Å². The summed E-state index contributed by atoms with van der Waals surface area (Å²) in [4.78, 5) is 0. The Balaban J connectivity index is 1.98. The van der Waals surface area contributed by atoms with Crippen LogP contribution in [0, 0.1) is 17.5 Å². The van der Waals surface area contributed by atoms with E-state index in [-0.39, 0.29) is 32.8 Å². The van der Waals surface area contributed by atoms with Gasteiger partial charge in [-0.05, 0) is 36.4 Å². The summed E-state index contributed by atoms with van der Waals surface area (Å²) < 4.78 is 87.7. The first kappa shape index (κ1) is 28.8. The fraction of sp³-hybridized carbons (Fsp3) is 0.143. The van der Waals surface area contributed by atoms with E-state index in [2.05, 4.69) is 0 Å². The average molecular weight is 560 g/mol. The molecular weight excluding hydrogens is 536 g/mol. The van der Waals surface area contributed by atoms with Gasteiger partial charge in [0.2, 0.25) is 0 Å². The van der Waals surface area contributed by atoms with Crippen molar-refractivity contribution >= 4 is 24.9 Å². The Hall–Kier alpha value is -3.76. The van der Waals surface area contributed by atoms with E-state index in [1.165, 1.54) is 57.7 Å². The molecule has 0 aromatic heterocycles. The molecule has 0 fully saturated rings. The molecular formula is C21H24F3N6O7P. The smallest absolute Gasteiger partial charge is 0.494 e. The predicted molar refractivity (Wildman–Crippen MR) is 130 cm³/mol. The van der Waals surface area contributed by atoms with Gasteiger partial charge in [0, 0.05) is 0 Å². The number of nitrogens with two attached hydrogens (primary N) is 3. The number of ether oxygens (including phenoxy) is 3. The number of nitrogens with zero attached hydrogens (tertiary/aromatic N) is 3. The number of hydrazine groups is 3. The molecule has 0 aliphatic carbocycles. The third kappa shape index (κ3) is 6.20. The molecule has 0 amide bonds. The maximum atomic E-state index is 14.7. The minimum absolute atomic E-state index is 0.171. The van der Waals surface area contributed by atoms with Crippen LogP contribution in [0.5, 0.6) is 17.2 Å². The van der Waals surface area contributed by atoms with Gasteiger partial charge in [-0.3, -0.25) is 0 Å². The highest BCUT2D eigenvalue weighted by Gasteiger charge is 2.39. The second kappa shape index (κ2) is 12.2. The molecule has 0 bridgehead atoms. The first-order valence-electron chi connectivity index (χ1n) is 10.4. The predicted octanol–water partition coefficient (Wildman–Crippen LogP) is 3.47. The normalized spacial score (nSPS) is 11.2. The summed E-state index contributed by atoms with van der Waals surface area (Å²) in [5.74, 6) is 13.5. The number of rotatable bonds is 12. The van der Waals surface area contributed by atoms with Gasteiger partial charge in [0.05, 0.1) is 21.3 Å². The zero-order valence-electron chi connectivity index (χ0n) is 20.2. The molecule has 3 aromatic rings. The van der Waals surface area contributed by atoms with Gasteiger partial charge in [-0.25, -0.2) is 35.3 Å². The number of phosphoric acid groups is 1. The Morgan fingerprint density at radius 2 is 0.842 bits per heavy atom. The summed E-state index contributed by atoms with van der Waals surface area (Å²) >= 11 is 0. The van der Waals surface area contributed by atoms with Crippen molar-refractivity contribution in [3.8, 4) is 17.2 Å². The van der Waals surface area contributed by atoms with Crippen molar-refractivity contribution in [2.45, 2.75) is 0 Å². The second-order valence-corrected chi connectivity index (χ2v) is 8.43. The zero-order chi connectivity index (χ0) is 28.0. The molecule has 0 aliphatic heterocycles. The molecule has 0 saturated heterocycles. The maximum Gasteiger partial charge on any atom is 0.543 e. The summed E-state index contributed by atoms with van der Waals surface area (Å²) in [5, 5.41) is 0.512. The van der Waals surface area contributed by atoms with Crippen LogP contribution in [0.4, 0.5) is 30.2 Å². The first-order chi connectivity index (χ1) is 18.0. The zero-order valence-corrected chi connectivity index (χ0v) is 21.1. The molecule has 0 atom stereocenters. The van der Waals surface area contributed by atoms with Crippen molar-refractivity contribution in [3.63, 3.8) is 0 Å². The van der Waals surface area contributed by atoms with Gasteiger partial charge in [0.25, 0.3) is 0 Å². The number of anilines is 3. The highest BCUT2D eigenvalue weighted by Crippen LogP contribution is 2.53. The molecule has 38 heavy (non-hydrogen) atoms. The lowest BCUT2D eigenvalue weighted by atomic mass is 10.3. The van der Waals surface area contributed by atoms with Crippen LogP contribution in [-0.2, 0) is 18.4 Å². The van der Waals surface area contributed by atoms with E-state index in [1.807, 2.05) is 0 Å². The minimum atomic E-state index is -5.23. The molecule has 3 aromatic carbocycles. The third-order valence-electron chi connectivity index (χ3n) is 4.76. The highest BCUT2D eigenvalue weighted by molar-refractivity contribution is 7.48. The average Bonchev–Trinajstić information content (AvgIpc) is 2.88. The fourth-order valence-electron chi connectivity index (χ4n) is 2.98.